The Morgan fingerprint density at radius 1 is 1.50 bits per heavy atom. The zero-order valence-corrected chi connectivity index (χ0v) is 10.3. The number of nitrogens with one attached hydrogen (secondary N) is 1. The molecule has 1 aliphatic rings. The highest BCUT2D eigenvalue weighted by atomic mass is 127. The van der Waals surface area contributed by atoms with Crippen molar-refractivity contribution in [3.05, 3.63) is 20.2 Å². The van der Waals surface area contributed by atoms with Crippen LogP contribution in [0, 0.1) is 2.88 Å². The molecule has 1 N–H and O–H groups in total. The topological polar surface area (TPSA) is 41.6 Å². The minimum atomic E-state index is 0.647. The van der Waals surface area contributed by atoms with Crippen LogP contribution in [0.1, 0.15) is 24.6 Å². The second-order valence-corrected chi connectivity index (χ2v) is 6.26. The van der Waals surface area contributed by atoms with E-state index in [1.54, 1.807) is 11.3 Å². The first-order chi connectivity index (χ1) is 6.83. The molecule has 0 saturated heterocycles. The molecule has 0 aliphatic heterocycles. The largest absolute Gasteiger partial charge is 0.262 e. The summed E-state index contributed by atoms with van der Waals surface area (Å²) in [6.07, 6.45) is 2.52. The van der Waals surface area contributed by atoms with Gasteiger partial charge < -0.3 is 0 Å². The van der Waals surface area contributed by atoms with Gasteiger partial charge in [-0.2, -0.15) is 5.10 Å². The predicted molar refractivity (Wildman–Crippen MR) is 64.4 cm³/mol. The Hall–Kier alpha value is -0.430. The SMILES string of the molecule is Ic1cc(-c2n[nH]c(C3CC3)n2)cs1. The highest BCUT2D eigenvalue weighted by Gasteiger charge is 2.27. The van der Waals surface area contributed by atoms with Gasteiger partial charge in [0.1, 0.15) is 5.82 Å². The average Bonchev–Trinajstić information content (AvgIpc) is 2.76. The number of hydrogen-bond donors (Lipinski definition) is 1. The zero-order chi connectivity index (χ0) is 9.54. The van der Waals surface area contributed by atoms with E-state index in [4.69, 9.17) is 0 Å². The number of hydrogen-bond acceptors (Lipinski definition) is 3. The van der Waals surface area contributed by atoms with Crippen molar-refractivity contribution in [2.75, 3.05) is 0 Å². The van der Waals surface area contributed by atoms with E-state index >= 15 is 0 Å². The van der Waals surface area contributed by atoms with Crippen molar-refractivity contribution in [2.45, 2.75) is 18.8 Å². The van der Waals surface area contributed by atoms with Crippen LogP contribution in [0.3, 0.4) is 0 Å². The Morgan fingerprint density at radius 2 is 2.36 bits per heavy atom. The van der Waals surface area contributed by atoms with Crippen molar-refractivity contribution >= 4 is 33.9 Å². The molecule has 3 rings (SSSR count). The van der Waals surface area contributed by atoms with Crippen LogP contribution >= 0.6 is 33.9 Å². The van der Waals surface area contributed by atoms with Crippen LogP contribution in [0.4, 0.5) is 0 Å². The number of aromatic nitrogens is 3. The molecule has 0 radical (unpaired) electrons. The molecule has 1 saturated carbocycles. The molecule has 0 aromatic carbocycles. The summed E-state index contributed by atoms with van der Waals surface area (Å²) in [7, 11) is 0. The van der Waals surface area contributed by atoms with E-state index in [-0.39, 0.29) is 0 Å². The third-order valence-corrected chi connectivity index (χ3v) is 4.08. The molecule has 2 aromatic rings. The van der Waals surface area contributed by atoms with E-state index < -0.39 is 0 Å². The van der Waals surface area contributed by atoms with Gasteiger partial charge in [-0.1, -0.05) is 0 Å². The van der Waals surface area contributed by atoms with Gasteiger partial charge in [-0.15, -0.1) is 11.3 Å². The summed E-state index contributed by atoms with van der Waals surface area (Å²) in [6.45, 7) is 0. The van der Waals surface area contributed by atoms with Gasteiger partial charge in [0.05, 0.1) is 2.88 Å². The molecule has 1 fully saturated rings. The minimum Gasteiger partial charge on any atom is -0.262 e. The maximum Gasteiger partial charge on any atom is 0.182 e. The molecular formula is C9H8IN3S. The summed E-state index contributed by atoms with van der Waals surface area (Å²) in [5.41, 5.74) is 1.13. The first-order valence-electron chi connectivity index (χ1n) is 4.49. The van der Waals surface area contributed by atoms with Gasteiger partial charge >= 0.3 is 0 Å². The molecule has 72 valence electrons. The fraction of sp³-hybridized carbons (Fsp3) is 0.333. The monoisotopic (exact) mass is 317 g/mol. The van der Waals surface area contributed by atoms with Gasteiger partial charge in [0.2, 0.25) is 0 Å². The zero-order valence-electron chi connectivity index (χ0n) is 7.33. The number of H-pyrrole nitrogens is 1. The fourth-order valence-electron chi connectivity index (χ4n) is 1.37. The molecular weight excluding hydrogens is 309 g/mol. The number of nitrogens with zero attached hydrogens (tertiary/aromatic N) is 2. The van der Waals surface area contributed by atoms with E-state index in [2.05, 4.69) is 49.2 Å². The minimum absolute atomic E-state index is 0.647. The molecule has 0 unspecified atom stereocenters. The molecule has 0 atom stereocenters. The van der Waals surface area contributed by atoms with Crippen LogP contribution < -0.4 is 0 Å². The third kappa shape index (κ3) is 1.58. The van der Waals surface area contributed by atoms with E-state index in [1.807, 2.05) is 0 Å². The lowest BCUT2D eigenvalue weighted by Gasteiger charge is -1.85. The van der Waals surface area contributed by atoms with Gasteiger partial charge in [-0.05, 0) is 41.5 Å². The smallest absolute Gasteiger partial charge is 0.182 e. The number of halogens is 1. The summed E-state index contributed by atoms with van der Waals surface area (Å²) in [4.78, 5) is 4.49. The maximum absolute atomic E-state index is 4.49. The van der Waals surface area contributed by atoms with Crippen LogP contribution in [0.5, 0.6) is 0 Å². The van der Waals surface area contributed by atoms with Gasteiger partial charge in [0, 0.05) is 16.9 Å². The molecule has 14 heavy (non-hydrogen) atoms. The van der Waals surface area contributed by atoms with E-state index in [1.165, 1.54) is 15.7 Å². The lowest BCUT2D eigenvalue weighted by atomic mass is 10.3. The Morgan fingerprint density at radius 3 is 3.00 bits per heavy atom. The predicted octanol–water partition coefficient (Wildman–Crippen LogP) is 3.02. The summed E-state index contributed by atoms with van der Waals surface area (Å²) in [5.74, 6) is 2.54. The van der Waals surface area contributed by atoms with Gasteiger partial charge in [0.25, 0.3) is 0 Å². The summed E-state index contributed by atoms with van der Waals surface area (Å²) >= 11 is 4.04. The molecule has 3 nitrogen and oxygen atoms in total. The van der Waals surface area contributed by atoms with Crippen LogP contribution in [0.25, 0.3) is 11.4 Å². The molecule has 0 amide bonds. The molecule has 2 aromatic heterocycles. The lowest BCUT2D eigenvalue weighted by molar-refractivity contribution is 0.935. The Labute approximate surface area is 99.1 Å². The van der Waals surface area contributed by atoms with Crippen LogP contribution in [-0.2, 0) is 0 Å². The van der Waals surface area contributed by atoms with Crippen molar-refractivity contribution in [1.29, 1.82) is 0 Å². The van der Waals surface area contributed by atoms with Crippen molar-refractivity contribution in [1.82, 2.24) is 15.2 Å². The van der Waals surface area contributed by atoms with Crippen molar-refractivity contribution < 1.29 is 0 Å². The molecule has 5 heteroatoms. The highest BCUT2D eigenvalue weighted by Crippen LogP contribution is 2.38. The molecule has 0 spiro atoms. The van der Waals surface area contributed by atoms with Gasteiger partial charge in [0.15, 0.2) is 5.82 Å². The lowest BCUT2D eigenvalue weighted by Crippen LogP contribution is -1.80. The summed E-state index contributed by atoms with van der Waals surface area (Å²) in [6, 6.07) is 2.12. The first-order valence-corrected chi connectivity index (χ1v) is 6.45. The first kappa shape index (κ1) is 8.84. The van der Waals surface area contributed by atoms with Crippen molar-refractivity contribution in [3.63, 3.8) is 0 Å². The van der Waals surface area contributed by atoms with E-state index in [0.717, 1.165) is 17.2 Å². The van der Waals surface area contributed by atoms with Crippen LogP contribution in [0.2, 0.25) is 0 Å². The number of thiophene rings is 1. The highest BCUT2D eigenvalue weighted by molar-refractivity contribution is 14.1. The number of rotatable bonds is 2. The second kappa shape index (κ2) is 3.30. The maximum atomic E-state index is 4.49. The van der Waals surface area contributed by atoms with E-state index in [9.17, 15) is 0 Å². The molecule has 1 aliphatic carbocycles. The Balaban J connectivity index is 1.95. The molecule has 0 bridgehead atoms. The van der Waals surface area contributed by atoms with Gasteiger partial charge in [-0.25, -0.2) is 4.98 Å². The third-order valence-electron chi connectivity index (χ3n) is 2.29. The quantitative estimate of drug-likeness (QED) is 0.865. The van der Waals surface area contributed by atoms with Crippen LogP contribution in [-0.4, -0.2) is 15.2 Å². The summed E-state index contributed by atoms with van der Waals surface area (Å²) < 4.78 is 1.27. The van der Waals surface area contributed by atoms with Crippen molar-refractivity contribution in [2.24, 2.45) is 0 Å². The standard InChI is InChI=1S/C9H8IN3S/c10-7-3-6(4-14-7)9-11-8(12-13-9)5-1-2-5/h3-5H,1-2H2,(H,11,12,13). The molecule has 2 heterocycles. The normalized spacial score (nSPS) is 16.1. The van der Waals surface area contributed by atoms with Crippen molar-refractivity contribution in [3.8, 4) is 11.4 Å². The Kier molecular flexibility index (Phi) is 2.09. The number of aromatic amines is 1. The second-order valence-electron chi connectivity index (χ2n) is 3.46. The van der Waals surface area contributed by atoms with Gasteiger partial charge in [-0.3, -0.25) is 5.10 Å². The fourth-order valence-corrected chi connectivity index (χ4v) is 2.69. The van der Waals surface area contributed by atoms with E-state index in [0.29, 0.717) is 5.92 Å². The summed E-state index contributed by atoms with van der Waals surface area (Å²) in [5, 5.41) is 9.34. The van der Waals surface area contributed by atoms with Crippen LogP contribution in [0.15, 0.2) is 11.4 Å². The Bertz CT molecular complexity index is 458. The average molecular weight is 317 g/mol.